The molecule has 0 amide bonds. The molecule has 0 fully saturated rings. The number of carbonyl (C=O) groups excluding carboxylic acids is 1. The number of rotatable bonds is 2. The van der Waals surface area contributed by atoms with Crippen LogP contribution >= 0.6 is 22.9 Å². The first-order chi connectivity index (χ1) is 9.16. The Morgan fingerprint density at radius 1 is 1.11 bits per heavy atom. The number of fused-ring (bicyclic) bond motifs is 1. The first-order valence-electron chi connectivity index (χ1n) is 5.73. The Kier molecular flexibility index (Phi) is 3.01. The number of thiophene rings is 1. The molecule has 3 rings (SSSR count). The van der Waals surface area contributed by atoms with E-state index in [1.165, 1.54) is 0 Å². The van der Waals surface area contributed by atoms with Gasteiger partial charge in [-0.2, -0.15) is 0 Å². The number of halogens is 1. The molecule has 0 saturated carbocycles. The minimum Gasteiger partial charge on any atom is -0.398 e. The number of ketones is 1. The van der Waals surface area contributed by atoms with Crippen LogP contribution in [0.2, 0.25) is 5.02 Å². The highest BCUT2D eigenvalue weighted by molar-refractivity contribution is 7.17. The first-order valence-corrected chi connectivity index (χ1v) is 6.98. The standard InChI is InChI=1S/C15H10ClNOS/c16-9-5-6-11(13(17)7-9)15(18)12-8-19-14-4-2-1-3-10(12)14/h1-8H,17H2. The van der Waals surface area contributed by atoms with Gasteiger partial charge in [-0.05, 0) is 24.3 Å². The molecule has 2 nitrogen and oxygen atoms in total. The maximum Gasteiger partial charge on any atom is 0.196 e. The number of hydrogen-bond donors (Lipinski definition) is 1. The van der Waals surface area contributed by atoms with Gasteiger partial charge >= 0.3 is 0 Å². The molecule has 2 aromatic carbocycles. The lowest BCUT2D eigenvalue weighted by atomic mass is 10.0. The van der Waals surface area contributed by atoms with Gasteiger partial charge < -0.3 is 5.73 Å². The lowest BCUT2D eigenvalue weighted by Crippen LogP contribution is -2.04. The smallest absolute Gasteiger partial charge is 0.196 e. The number of nitrogen functional groups attached to an aromatic ring is 1. The SMILES string of the molecule is Nc1cc(Cl)ccc1C(=O)c1csc2ccccc12. The van der Waals surface area contributed by atoms with Crippen molar-refractivity contribution in [3.8, 4) is 0 Å². The molecule has 4 heteroatoms. The third-order valence-corrected chi connectivity index (χ3v) is 4.18. The summed E-state index contributed by atoms with van der Waals surface area (Å²) in [6.07, 6.45) is 0. The molecule has 0 unspecified atom stereocenters. The number of benzene rings is 2. The molecule has 1 aromatic heterocycles. The van der Waals surface area contributed by atoms with Crippen LogP contribution < -0.4 is 5.73 Å². The highest BCUT2D eigenvalue weighted by Gasteiger charge is 2.16. The molecular weight excluding hydrogens is 278 g/mol. The van der Waals surface area contributed by atoms with Crippen LogP contribution in [0.1, 0.15) is 15.9 Å². The monoisotopic (exact) mass is 287 g/mol. The Labute approximate surface area is 119 Å². The molecular formula is C15H10ClNOS. The maximum absolute atomic E-state index is 12.5. The second-order valence-electron chi connectivity index (χ2n) is 4.21. The van der Waals surface area contributed by atoms with Gasteiger partial charge in [0.15, 0.2) is 5.78 Å². The quantitative estimate of drug-likeness (QED) is 0.562. The van der Waals surface area contributed by atoms with Crippen molar-refractivity contribution in [2.75, 3.05) is 5.73 Å². The van der Waals surface area contributed by atoms with Crippen LogP contribution in [0, 0.1) is 0 Å². The molecule has 0 radical (unpaired) electrons. The summed E-state index contributed by atoms with van der Waals surface area (Å²) >= 11 is 7.41. The Balaban J connectivity index is 2.13. The van der Waals surface area contributed by atoms with Crippen molar-refractivity contribution in [1.29, 1.82) is 0 Å². The molecule has 19 heavy (non-hydrogen) atoms. The lowest BCUT2D eigenvalue weighted by Gasteiger charge is -2.04. The summed E-state index contributed by atoms with van der Waals surface area (Å²) < 4.78 is 1.10. The first kappa shape index (κ1) is 12.2. The minimum absolute atomic E-state index is 0.0633. The van der Waals surface area contributed by atoms with Gasteiger partial charge in [0.1, 0.15) is 0 Å². The van der Waals surface area contributed by atoms with Crippen molar-refractivity contribution in [2.24, 2.45) is 0 Å². The maximum atomic E-state index is 12.5. The fourth-order valence-electron chi connectivity index (χ4n) is 2.04. The van der Waals surface area contributed by atoms with Crippen molar-refractivity contribution < 1.29 is 4.79 Å². The van der Waals surface area contributed by atoms with Crippen molar-refractivity contribution in [3.05, 3.63) is 64.0 Å². The molecule has 94 valence electrons. The third kappa shape index (κ3) is 2.11. The van der Waals surface area contributed by atoms with Crippen molar-refractivity contribution in [2.45, 2.75) is 0 Å². The van der Waals surface area contributed by atoms with Crippen LogP contribution in [-0.2, 0) is 0 Å². The van der Waals surface area contributed by atoms with Gasteiger partial charge in [-0.25, -0.2) is 0 Å². The van der Waals surface area contributed by atoms with E-state index in [-0.39, 0.29) is 5.78 Å². The molecule has 0 saturated heterocycles. The van der Waals surface area contributed by atoms with E-state index >= 15 is 0 Å². The number of nitrogens with two attached hydrogens (primary N) is 1. The largest absolute Gasteiger partial charge is 0.398 e. The summed E-state index contributed by atoms with van der Waals surface area (Å²) in [6, 6.07) is 12.8. The highest BCUT2D eigenvalue weighted by atomic mass is 35.5. The zero-order valence-corrected chi connectivity index (χ0v) is 11.5. The van der Waals surface area contributed by atoms with Crippen LogP contribution in [-0.4, -0.2) is 5.78 Å². The third-order valence-electron chi connectivity index (χ3n) is 2.98. The van der Waals surface area contributed by atoms with E-state index in [4.69, 9.17) is 17.3 Å². The Bertz CT molecular complexity index is 779. The van der Waals surface area contributed by atoms with Gasteiger partial charge in [0.05, 0.1) is 0 Å². The molecule has 0 spiro atoms. The van der Waals surface area contributed by atoms with Crippen molar-refractivity contribution in [3.63, 3.8) is 0 Å². The van der Waals surface area contributed by atoms with Crippen LogP contribution in [0.5, 0.6) is 0 Å². The van der Waals surface area contributed by atoms with Gasteiger partial charge in [-0.1, -0.05) is 29.8 Å². The summed E-state index contributed by atoms with van der Waals surface area (Å²) in [5, 5.41) is 3.37. The van der Waals surface area contributed by atoms with Gasteiger partial charge in [0, 0.05) is 37.3 Å². The van der Waals surface area contributed by atoms with Crippen LogP contribution in [0.25, 0.3) is 10.1 Å². The number of carbonyl (C=O) groups is 1. The van der Waals surface area contributed by atoms with Crippen LogP contribution in [0.15, 0.2) is 47.8 Å². The second-order valence-corrected chi connectivity index (χ2v) is 5.55. The summed E-state index contributed by atoms with van der Waals surface area (Å²) in [5.41, 5.74) is 7.46. The molecule has 0 bridgehead atoms. The van der Waals surface area contributed by atoms with E-state index in [0.717, 1.165) is 10.1 Å². The van der Waals surface area contributed by atoms with E-state index in [0.29, 0.717) is 21.8 Å². The van der Waals surface area contributed by atoms with E-state index < -0.39 is 0 Å². The average Bonchev–Trinajstić information content (AvgIpc) is 2.82. The summed E-state index contributed by atoms with van der Waals surface area (Å²) in [6.45, 7) is 0. The van der Waals surface area contributed by atoms with E-state index in [1.54, 1.807) is 29.5 Å². The van der Waals surface area contributed by atoms with Gasteiger partial charge in [-0.15, -0.1) is 11.3 Å². The average molecular weight is 288 g/mol. The predicted molar refractivity (Wildman–Crippen MR) is 81.1 cm³/mol. The molecule has 2 N–H and O–H groups in total. The van der Waals surface area contributed by atoms with Gasteiger partial charge in [-0.3, -0.25) is 4.79 Å². The summed E-state index contributed by atoms with van der Waals surface area (Å²) in [4.78, 5) is 12.5. The zero-order chi connectivity index (χ0) is 13.4. The zero-order valence-electron chi connectivity index (χ0n) is 9.89. The Hall–Kier alpha value is -1.84. The molecule has 0 atom stereocenters. The summed E-state index contributed by atoms with van der Waals surface area (Å²) in [5.74, 6) is -0.0633. The Morgan fingerprint density at radius 2 is 1.89 bits per heavy atom. The topological polar surface area (TPSA) is 43.1 Å². The van der Waals surface area contributed by atoms with E-state index in [1.807, 2.05) is 29.6 Å². The predicted octanol–water partition coefficient (Wildman–Crippen LogP) is 4.37. The fraction of sp³-hybridized carbons (Fsp3) is 0. The van der Waals surface area contributed by atoms with Crippen molar-refractivity contribution in [1.82, 2.24) is 0 Å². The van der Waals surface area contributed by atoms with E-state index in [9.17, 15) is 4.79 Å². The Morgan fingerprint density at radius 3 is 2.68 bits per heavy atom. The van der Waals surface area contributed by atoms with Crippen LogP contribution in [0.3, 0.4) is 0 Å². The van der Waals surface area contributed by atoms with E-state index in [2.05, 4.69) is 0 Å². The van der Waals surface area contributed by atoms with Crippen LogP contribution in [0.4, 0.5) is 5.69 Å². The lowest BCUT2D eigenvalue weighted by molar-refractivity contribution is 0.104. The normalized spacial score (nSPS) is 10.8. The molecule has 0 aliphatic rings. The second kappa shape index (κ2) is 4.68. The molecule has 0 aliphatic carbocycles. The molecule has 3 aromatic rings. The summed E-state index contributed by atoms with van der Waals surface area (Å²) in [7, 11) is 0. The van der Waals surface area contributed by atoms with Gasteiger partial charge in [0.2, 0.25) is 0 Å². The fourth-order valence-corrected chi connectivity index (χ4v) is 3.16. The molecule has 0 aliphatic heterocycles. The highest BCUT2D eigenvalue weighted by Crippen LogP contribution is 2.29. The number of hydrogen-bond acceptors (Lipinski definition) is 3. The minimum atomic E-state index is -0.0633. The van der Waals surface area contributed by atoms with Crippen molar-refractivity contribution >= 4 is 44.5 Å². The number of anilines is 1. The molecule has 1 heterocycles. The van der Waals surface area contributed by atoms with Gasteiger partial charge in [0.25, 0.3) is 0 Å².